The average molecular weight is 401 g/mol. The Morgan fingerprint density at radius 3 is 2.66 bits per heavy atom. The van der Waals surface area contributed by atoms with Gasteiger partial charge in [-0.1, -0.05) is 25.1 Å². The van der Waals surface area contributed by atoms with Crippen LogP contribution in [0.3, 0.4) is 0 Å². The second-order valence-electron chi connectivity index (χ2n) is 7.46. The molecule has 1 aliphatic heterocycles. The van der Waals surface area contributed by atoms with Crippen LogP contribution < -0.4 is 16.6 Å². The molecule has 1 aromatic carbocycles. The first kappa shape index (κ1) is 21.0. The Morgan fingerprint density at radius 1 is 1.31 bits per heavy atom. The number of aromatic nitrogens is 2. The van der Waals surface area contributed by atoms with E-state index in [1.54, 1.807) is 0 Å². The van der Waals surface area contributed by atoms with Gasteiger partial charge >= 0.3 is 5.69 Å². The third kappa shape index (κ3) is 4.65. The summed E-state index contributed by atoms with van der Waals surface area (Å²) in [4.78, 5) is 38.5. The number of benzene rings is 1. The third-order valence-electron chi connectivity index (χ3n) is 5.42. The van der Waals surface area contributed by atoms with Crippen LogP contribution in [0.15, 0.2) is 34.0 Å². The van der Waals surface area contributed by atoms with Gasteiger partial charge in [-0.15, -0.1) is 0 Å². The van der Waals surface area contributed by atoms with E-state index in [4.69, 9.17) is 4.74 Å². The first-order valence-corrected chi connectivity index (χ1v) is 9.79. The van der Waals surface area contributed by atoms with Crippen LogP contribution in [0, 0.1) is 13.8 Å². The lowest BCUT2D eigenvalue weighted by Gasteiger charge is -2.17. The predicted octanol–water partition coefficient (Wildman–Crippen LogP) is 0.723. The molecule has 3 N–H and O–H groups in total. The van der Waals surface area contributed by atoms with Crippen LogP contribution in [0.25, 0.3) is 0 Å². The Bertz CT molecular complexity index is 990. The van der Waals surface area contributed by atoms with Gasteiger partial charge < -0.3 is 15.2 Å². The maximum absolute atomic E-state index is 12.4. The molecule has 3 rings (SSSR count). The quantitative estimate of drug-likeness (QED) is 0.660. The molecule has 2 aromatic rings. The summed E-state index contributed by atoms with van der Waals surface area (Å²) >= 11 is 0. The number of amides is 1. The molecule has 156 valence electrons. The molecule has 2 heterocycles. The first-order valence-electron chi connectivity index (χ1n) is 9.79. The zero-order valence-corrected chi connectivity index (χ0v) is 16.9. The molecule has 0 aliphatic carbocycles. The molecule has 1 saturated heterocycles. The van der Waals surface area contributed by atoms with Crippen LogP contribution in [0.1, 0.15) is 41.8 Å². The SMILES string of the molecule is CCc1cn([C@@H]2CC(O)[C@H](CNC(=O)Cc3c(C)cccc3C)O2)c(=O)[nH]c1=O. The number of aromatic amines is 1. The molecule has 0 spiro atoms. The van der Waals surface area contributed by atoms with Gasteiger partial charge in [-0.3, -0.25) is 19.1 Å². The van der Waals surface area contributed by atoms with E-state index in [0.29, 0.717) is 12.0 Å². The van der Waals surface area contributed by atoms with Crippen molar-refractivity contribution in [1.29, 1.82) is 0 Å². The van der Waals surface area contributed by atoms with Crippen molar-refractivity contribution in [1.82, 2.24) is 14.9 Å². The summed E-state index contributed by atoms with van der Waals surface area (Å²) in [6.07, 6.45) is 0.245. The minimum Gasteiger partial charge on any atom is -0.390 e. The van der Waals surface area contributed by atoms with Gasteiger partial charge in [0, 0.05) is 24.7 Å². The van der Waals surface area contributed by atoms with E-state index in [9.17, 15) is 19.5 Å². The monoisotopic (exact) mass is 401 g/mol. The van der Waals surface area contributed by atoms with Gasteiger partial charge in [0.15, 0.2) is 0 Å². The van der Waals surface area contributed by atoms with Crippen molar-refractivity contribution in [3.63, 3.8) is 0 Å². The van der Waals surface area contributed by atoms with Crippen molar-refractivity contribution in [3.8, 4) is 0 Å². The highest BCUT2D eigenvalue weighted by molar-refractivity contribution is 5.79. The number of hydrogen-bond acceptors (Lipinski definition) is 5. The number of nitrogens with zero attached hydrogens (tertiary/aromatic N) is 1. The van der Waals surface area contributed by atoms with Gasteiger partial charge in [0.1, 0.15) is 12.3 Å². The Morgan fingerprint density at radius 2 is 2.00 bits per heavy atom. The van der Waals surface area contributed by atoms with Gasteiger partial charge in [-0.05, 0) is 37.0 Å². The van der Waals surface area contributed by atoms with Gasteiger partial charge in [-0.25, -0.2) is 4.79 Å². The summed E-state index contributed by atoms with van der Waals surface area (Å²) in [5.41, 5.74) is 2.57. The predicted molar refractivity (Wildman–Crippen MR) is 108 cm³/mol. The zero-order chi connectivity index (χ0) is 21.1. The number of H-pyrrole nitrogens is 1. The number of hydrogen-bond donors (Lipinski definition) is 3. The standard InChI is InChI=1S/C21H27N3O5/c1-4-14-11-24(21(28)23-20(14)27)19-9-16(25)17(29-19)10-22-18(26)8-15-12(2)6-5-7-13(15)3/h5-7,11,16-17,19,25H,4,8-10H2,1-3H3,(H,22,26)(H,23,27,28)/t16?,17-,19-/m0/s1. The lowest BCUT2D eigenvalue weighted by atomic mass is 10.00. The maximum Gasteiger partial charge on any atom is 0.330 e. The van der Waals surface area contributed by atoms with Crippen LogP contribution in [0.2, 0.25) is 0 Å². The van der Waals surface area contributed by atoms with Gasteiger partial charge in [-0.2, -0.15) is 0 Å². The highest BCUT2D eigenvalue weighted by Gasteiger charge is 2.35. The second kappa shape index (κ2) is 8.75. The van der Waals surface area contributed by atoms with E-state index in [0.717, 1.165) is 16.7 Å². The van der Waals surface area contributed by atoms with Crippen LogP contribution in [0.5, 0.6) is 0 Å². The summed E-state index contributed by atoms with van der Waals surface area (Å²) in [7, 11) is 0. The van der Waals surface area contributed by atoms with Crippen LogP contribution in [-0.2, 0) is 22.4 Å². The smallest absolute Gasteiger partial charge is 0.330 e. The highest BCUT2D eigenvalue weighted by atomic mass is 16.5. The average Bonchev–Trinajstić information content (AvgIpc) is 3.03. The molecular weight excluding hydrogens is 374 g/mol. The summed E-state index contributed by atoms with van der Waals surface area (Å²) in [5.74, 6) is -0.156. The molecule has 8 nitrogen and oxygen atoms in total. The molecule has 1 aromatic heterocycles. The van der Waals surface area contributed by atoms with E-state index in [2.05, 4.69) is 10.3 Å². The summed E-state index contributed by atoms with van der Waals surface area (Å²) in [6.45, 7) is 5.89. The first-order chi connectivity index (χ1) is 13.8. The van der Waals surface area contributed by atoms with E-state index >= 15 is 0 Å². The van der Waals surface area contributed by atoms with Crippen LogP contribution >= 0.6 is 0 Å². The molecule has 29 heavy (non-hydrogen) atoms. The molecule has 0 bridgehead atoms. The Balaban J connectivity index is 1.63. The van der Waals surface area contributed by atoms with E-state index < -0.39 is 29.7 Å². The molecule has 1 unspecified atom stereocenters. The lowest BCUT2D eigenvalue weighted by Crippen LogP contribution is -2.38. The molecular formula is C21H27N3O5. The fourth-order valence-electron chi connectivity index (χ4n) is 3.63. The third-order valence-corrected chi connectivity index (χ3v) is 5.42. The summed E-state index contributed by atoms with van der Waals surface area (Å²) < 4.78 is 7.10. The number of aliphatic hydroxyl groups excluding tert-OH is 1. The fourth-order valence-corrected chi connectivity index (χ4v) is 3.63. The van der Waals surface area contributed by atoms with Gasteiger partial charge in [0.2, 0.25) is 5.91 Å². The minimum atomic E-state index is -0.829. The Hall–Kier alpha value is -2.71. The highest BCUT2D eigenvalue weighted by Crippen LogP contribution is 2.27. The fraction of sp³-hybridized carbons (Fsp3) is 0.476. The van der Waals surface area contributed by atoms with Crippen molar-refractivity contribution >= 4 is 5.91 Å². The number of ether oxygens (including phenoxy) is 1. The molecule has 0 saturated carbocycles. The van der Waals surface area contributed by atoms with Crippen molar-refractivity contribution in [2.45, 2.75) is 58.5 Å². The Kier molecular flexibility index (Phi) is 6.34. The largest absolute Gasteiger partial charge is 0.390 e. The van der Waals surface area contributed by atoms with Crippen molar-refractivity contribution in [2.24, 2.45) is 0 Å². The normalized spacial score (nSPS) is 21.3. The van der Waals surface area contributed by atoms with Gasteiger partial charge in [0.25, 0.3) is 5.56 Å². The molecule has 8 heteroatoms. The zero-order valence-electron chi connectivity index (χ0n) is 16.9. The molecule has 1 fully saturated rings. The van der Waals surface area contributed by atoms with Crippen molar-refractivity contribution < 1.29 is 14.6 Å². The summed E-state index contributed by atoms with van der Waals surface area (Å²) in [6, 6.07) is 5.89. The van der Waals surface area contributed by atoms with Crippen LogP contribution in [-0.4, -0.2) is 39.3 Å². The van der Waals surface area contributed by atoms with Crippen molar-refractivity contribution in [2.75, 3.05) is 6.54 Å². The minimum absolute atomic E-state index is 0.139. The van der Waals surface area contributed by atoms with Crippen LogP contribution in [0.4, 0.5) is 0 Å². The number of carbonyl (C=O) groups is 1. The second-order valence-corrected chi connectivity index (χ2v) is 7.46. The topological polar surface area (TPSA) is 113 Å². The number of nitrogens with one attached hydrogen (secondary N) is 2. The van der Waals surface area contributed by atoms with E-state index in [1.165, 1.54) is 10.8 Å². The molecule has 1 aliphatic rings. The summed E-state index contributed by atoms with van der Waals surface area (Å²) in [5, 5.41) is 13.1. The number of carbonyl (C=O) groups excluding carboxylic acids is 1. The van der Waals surface area contributed by atoms with Gasteiger partial charge in [0.05, 0.1) is 12.5 Å². The lowest BCUT2D eigenvalue weighted by molar-refractivity contribution is -0.121. The van der Waals surface area contributed by atoms with E-state index in [1.807, 2.05) is 39.0 Å². The molecule has 1 amide bonds. The van der Waals surface area contributed by atoms with E-state index in [-0.39, 0.29) is 25.3 Å². The van der Waals surface area contributed by atoms with Crippen molar-refractivity contribution in [3.05, 3.63) is 67.5 Å². The number of rotatable bonds is 6. The Labute approximate surface area is 168 Å². The molecule has 3 atom stereocenters. The molecule has 0 radical (unpaired) electrons. The number of aliphatic hydroxyl groups is 1. The number of aryl methyl sites for hydroxylation is 3. The maximum atomic E-state index is 12.4.